The lowest BCUT2D eigenvalue weighted by atomic mass is 10.2. The highest BCUT2D eigenvalue weighted by Crippen LogP contribution is 1.94. The second-order valence-corrected chi connectivity index (χ2v) is 1.69. The van der Waals surface area contributed by atoms with Gasteiger partial charge < -0.3 is 11.2 Å². The Morgan fingerprint density at radius 3 is 2.00 bits per heavy atom. The van der Waals surface area contributed by atoms with Gasteiger partial charge in [-0.2, -0.15) is 0 Å². The van der Waals surface area contributed by atoms with E-state index in [0.29, 0.717) is 6.54 Å². The van der Waals surface area contributed by atoms with Crippen LogP contribution in [0, 0.1) is 0 Å². The average Bonchev–Trinajstić information content (AvgIpc) is 1.90. The third kappa shape index (κ3) is 2.26. The zero-order valence-corrected chi connectivity index (χ0v) is 5.12. The first-order valence-electron chi connectivity index (χ1n) is 2.67. The maximum Gasteiger partial charge on any atom is 0.0178 e. The maximum absolute atomic E-state index is 5.35. The molecule has 0 unspecified atom stereocenters. The summed E-state index contributed by atoms with van der Waals surface area (Å²) in [4.78, 5) is 0. The van der Waals surface area contributed by atoms with E-state index in [2.05, 4.69) is 0 Å². The van der Waals surface area contributed by atoms with Crippen LogP contribution in [0.2, 0.25) is 0 Å². The standard InChI is InChI=1S/C7H9N.H2O/c8-6-7-4-2-1-3-5-7;/h1-5H,6,8H2;1H2/p-1. The predicted octanol–water partition coefficient (Wildman–Crippen LogP) is 0.969. The molecule has 1 aromatic carbocycles. The van der Waals surface area contributed by atoms with Crippen LogP contribution < -0.4 is 5.73 Å². The fourth-order valence-corrected chi connectivity index (χ4v) is 0.614. The van der Waals surface area contributed by atoms with E-state index >= 15 is 0 Å². The first kappa shape index (κ1) is 8.14. The van der Waals surface area contributed by atoms with Crippen molar-refractivity contribution in [3.63, 3.8) is 0 Å². The first-order chi connectivity index (χ1) is 3.93. The van der Waals surface area contributed by atoms with Crippen LogP contribution in [0.3, 0.4) is 0 Å². The maximum atomic E-state index is 5.35. The summed E-state index contributed by atoms with van der Waals surface area (Å²) in [6, 6.07) is 9.99. The SMILES string of the molecule is NCc1ccccc1.[OH-]. The molecule has 0 saturated heterocycles. The molecule has 3 N–H and O–H groups in total. The Balaban J connectivity index is 0.000000640. The molecule has 2 nitrogen and oxygen atoms in total. The minimum absolute atomic E-state index is 0. The fourth-order valence-electron chi connectivity index (χ4n) is 0.614. The molecule has 0 atom stereocenters. The molecule has 0 saturated carbocycles. The van der Waals surface area contributed by atoms with Crippen molar-refractivity contribution in [2.45, 2.75) is 6.54 Å². The van der Waals surface area contributed by atoms with E-state index in [1.54, 1.807) is 0 Å². The molecular weight excluding hydrogens is 114 g/mol. The third-order valence-electron chi connectivity index (χ3n) is 1.08. The van der Waals surface area contributed by atoms with Crippen molar-refractivity contribution in [3.05, 3.63) is 35.9 Å². The largest absolute Gasteiger partial charge is 0.870 e. The molecule has 0 aromatic heterocycles. The Bertz CT molecular complexity index is 150. The summed E-state index contributed by atoms with van der Waals surface area (Å²) in [5, 5.41) is 0. The van der Waals surface area contributed by atoms with Crippen molar-refractivity contribution in [2.24, 2.45) is 5.73 Å². The molecule has 1 rings (SSSR count). The van der Waals surface area contributed by atoms with Crippen molar-refractivity contribution in [1.82, 2.24) is 0 Å². The van der Waals surface area contributed by atoms with Crippen LogP contribution in [0.15, 0.2) is 30.3 Å². The van der Waals surface area contributed by atoms with E-state index in [0.717, 1.165) is 0 Å². The van der Waals surface area contributed by atoms with Gasteiger partial charge in [-0.3, -0.25) is 0 Å². The lowest BCUT2D eigenvalue weighted by Gasteiger charge is -1.90. The van der Waals surface area contributed by atoms with Gasteiger partial charge in [0.25, 0.3) is 0 Å². The summed E-state index contributed by atoms with van der Waals surface area (Å²) >= 11 is 0. The van der Waals surface area contributed by atoms with Crippen LogP contribution in [0.25, 0.3) is 0 Å². The summed E-state index contributed by atoms with van der Waals surface area (Å²) < 4.78 is 0. The second kappa shape index (κ2) is 4.06. The molecule has 1 aromatic rings. The van der Waals surface area contributed by atoms with E-state index in [-0.39, 0.29) is 5.48 Å². The summed E-state index contributed by atoms with van der Waals surface area (Å²) in [6.45, 7) is 0.640. The Morgan fingerprint density at radius 1 is 1.11 bits per heavy atom. The minimum atomic E-state index is 0. The van der Waals surface area contributed by atoms with E-state index < -0.39 is 0 Å². The van der Waals surface area contributed by atoms with Gasteiger partial charge >= 0.3 is 0 Å². The summed E-state index contributed by atoms with van der Waals surface area (Å²) in [5.41, 5.74) is 6.54. The number of benzene rings is 1. The van der Waals surface area contributed by atoms with Gasteiger partial charge in [-0.1, -0.05) is 30.3 Å². The summed E-state index contributed by atoms with van der Waals surface area (Å²) in [7, 11) is 0. The van der Waals surface area contributed by atoms with Crippen molar-refractivity contribution < 1.29 is 5.48 Å². The smallest absolute Gasteiger partial charge is 0.0178 e. The lowest BCUT2D eigenvalue weighted by molar-refractivity contribution is 0.824. The van der Waals surface area contributed by atoms with E-state index in [4.69, 9.17) is 5.73 Å². The van der Waals surface area contributed by atoms with Crippen LogP contribution >= 0.6 is 0 Å². The van der Waals surface area contributed by atoms with Gasteiger partial charge in [-0.25, -0.2) is 0 Å². The molecule has 50 valence electrons. The van der Waals surface area contributed by atoms with Crippen LogP contribution in [0.1, 0.15) is 5.56 Å². The molecular formula is C7H10NO-. The van der Waals surface area contributed by atoms with Crippen molar-refractivity contribution in [2.75, 3.05) is 0 Å². The molecule has 0 heterocycles. The molecule has 0 aliphatic carbocycles. The van der Waals surface area contributed by atoms with E-state index in [1.165, 1.54) is 5.56 Å². The topological polar surface area (TPSA) is 56.0 Å². The highest BCUT2D eigenvalue weighted by atomic mass is 16.0. The molecule has 0 bridgehead atoms. The lowest BCUT2D eigenvalue weighted by Crippen LogP contribution is -1.94. The fraction of sp³-hybridized carbons (Fsp3) is 0.143. The zero-order valence-electron chi connectivity index (χ0n) is 5.12. The van der Waals surface area contributed by atoms with Gasteiger partial charge in [0, 0.05) is 6.54 Å². The number of hydrogen-bond acceptors (Lipinski definition) is 2. The van der Waals surface area contributed by atoms with Crippen LogP contribution in [0.5, 0.6) is 0 Å². The normalized spacial score (nSPS) is 8.11. The van der Waals surface area contributed by atoms with Crippen molar-refractivity contribution >= 4 is 0 Å². The Hall–Kier alpha value is -0.860. The second-order valence-electron chi connectivity index (χ2n) is 1.69. The first-order valence-corrected chi connectivity index (χ1v) is 2.67. The number of nitrogens with two attached hydrogens (primary N) is 1. The molecule has 2 heteroatoms. The molecule has 0 aliphatic heterocycles. The highest BCUT2D eigenvalue weighted by molar-refractivity contribution is 5.13. The molecule has 0 amide bonds. The van der Waals surface area contributed by atoms with Crippen LogP contribution in [-0.2, 0) is 6.54 Å². The van der Waals surface area contributed by atoms with Gasteiger partial charge in [0.2, 0.25) is 0 Å². The predicted molar refractivity (Wildman–Crippen MR) is 36.3 cm³/mol. The zero-order chi connectivity index (χ0) is 5.82. The Morgan fingerprint density at radius 2 is 1.67 bits per heavy atom. The average molecular weight is 124 g/mol. The van der Waals surface area contributed by atoms with Crippen LogP contribution in [0.4, 0.5) is 0 Å². The van der Waals surface area contributed by atoms with Crippen LogP contribution in [-0.4, -0.2) is 5.48 Å². The summed E-state index contributed by atoms with van der Waals surface area (Å²) in [6.07, 6.45) is 0. The van der Waals surface area contributed by atoms with Gasteiger partial charge in [-0.05, 0) is 5.56 Å². The van der Waals surface area contributed by atoms with Gasteiger partial charge in [0.1, 0.15) is 0 Å². The molecule has 9 heavy (non-hydrogen) atoms. The molecule has 0 aliphatic rings. The highest BCUT2D eigenvalue weighted by Gasteiger charge is 1.80. The van der Waals surface area contributed by atoms with E-state index in [9.17, 15) is 0 Å². The van der Waals surface area contributed by atoms with Crippen molar-refractivity contribution in [3.8, 4) is 0 Å². The van der Waals surface area contributed by atoms with Gasteiger partial charge in [0.15, 0.2) is 0 Å². The van der Waals surface area contributed by atoms with Gasteiger partial charge in [0.05, 0.1) is 0 Å². The molecule has 0 radical (unpaired) electrons. The molecule has 0 spiro atoms. The Kier molecular flexibility index (Phi) is 3.67. The van der Waals surface area contributed by atoms with Crippen molar-refractivity contribution in [1.29, 1.82) is 0 Å². The Labute approximate surface area is 54.6 Å². The number of rotatable bonds is 1. The van der Waals surface area contributed by atoms with E-state index in [1.807, 2.05) is 30.3 Å². The monoisotopic (exact) mass is 124 g/mol. The van der Waals surface area contributed by atoms with Gasteiger partial charge in [-0.15, -0.1) is 0 Å². The minimum Gasteiger partial charge on any atom is -0.870 e. The number of hydrogen-bond donors (Lipinski definition) is 1. The molecule has 0 fully saturated rings. The summed E-state index contributed by atoms with van der Waals surface area (Å²) in [5.74, 6) is 0. The third-order valence-corrected chi connectivity index (χ3v) is 1.08. The quantitative estimate of drug-likeness (QED) is 0.606.